The molecular weight excluding hydrogens is 656 g/mol. The first kappa shape index (κ1) is 31.9. The van der Waals surface area contributed by atoms with Crippen LogP contribution >= 0.6 is 0 Å². The number of hydrogen-bond donors (Lipinski definition) is 6. The van der Waals surface area contributed by atoms with Gasteiger partial charge >= 0.3 is 154 Å². The standard InChI is InChI=1S/C4H10.6CH3NO.3Sn/c1-4(2)3;6*2-1-3;;;/h4H,1-3H3;6*1H,(H2,2,3);;;/q;;;;;;;3*+2/p-6. The van der Waals surface area contributed by atoms with Gasteiger partial charge in [-0.15, -0.1) is 0 Å². The summed E-state index contributed by atoms with van der Waals surface area (Å²) in [5.41, 5.74) is 0. The molecule has 12 nitrogen and oxygen atoms in total. The van der Waals surface area contributed by atoms with Crippen molar-refractivity contribution < 1.29 is 28.8 Å². The first-order valence-corrected chi connectivity index (χ1v) is 14.9. The van der Waals surface area contributed by atoms with E-state index in [1.165, 1.54) is 0 Å². The molecule has 25 heavy (non-hydrogen) atoms. The van der Waals surface area contributed by atoms with Crippen LogP contribution < -0.4 is 21.2 Å². The van der Waals surface area contributed by atoms with Crippen molar-refractivity contribution in [3.63, 3.8) is 0 Å². The van der Waals surface area contributed by atoms with E-state index in [9.17, 15) is 28.8 Å². The molecule has 0 rings (SSSR count). The van der Waals surface area contributed by atoms with E-state index in [-0.39, 0.29) is 0 Å². The second-order valence-corrected chi connectivity index (χ2v) is 10.8. The Morgan fingerprint density at radius 3 is 0.680 bits per heavy atom. The van der Waals surface area contributed by atoms with Crippen LogP contribution in [0.25, 0.3) is 0 Å². The molecule has 6 amide bonds. The fraction of sp³-hybridized carbons (Fsp3) is 0.400. The number of carbonyl (C=O) groups is 6. The van der Waals surface area contributed by atoms with Crippen molar-refractivity contribution in [2.45, 2.75) is 20.8 Å². The van der Waals surface area contributed by atoms with Crippen molar-refractivity contribution in [1.82, 2.24) is 21.2 Å². The first-order chi connectivity index (χ1) is 12.0. The zero-order valence-corrected chi connectivity index (χ0v) is 22.6. The van der Waals surface area contributed by atoms with Gasteiger partial charge in [0.2, 0.25) is 0 Å². The Labute approximate surface area is 178 Å². The summed E-state index contributed by atoms with van der Waals surface area (Å²) in [4.78, 5) is 56.7. The van der Waals surface area contributed by atoms with Crippen LogP contribution in [0.4, 0.5) is 0 Å². The third-order valence-corrected chi connectivity index (χ3v) is 5.28. The Balaban J connectivity index is -0.000000120. The Morgan fingerprint density at radius 2 is 0.600 bits per heavy atom. The van der Waals surface area contributed by atoms with Crippen LogP contribution in [-0.4, -0.2) is 104 Å². The van der Waals surface area contributed by atoms with Gasteiger partial charge in [-0.25, -0.2) is 0 Å². The van der Waals surface area contributed by atoms with Crippen LogP contribution in [0.3, 0.4) is 0 Å². The fourth-order valence-electron chi connectivity index (χ4n) is 0.302. The maximum absolute atomic E-state index is 9.46. The molecule has 0 spiro atoms. The number of hydrogen-bond acceptors (Lipinski definition) is 6. The quantitative estimate of drug-likeness (QED) is 0.0693. The minimum atomic E-state index is -1.05. The molecule has 140 valence electrons. The van der Waals surface area contributed by atoms with Crippen molar-refractivity contribution in [3.8, 4) is 0 Å². The molecule has 0 bridgehead atoms. The zero-order chi connectivity index (χ0) is 20.2. The van der Waals surface area contributed by atoms with Gasteiger partial charge in [0, 0.05) is 0 Å². The van der Waals surface area contributed by atoms with E-state index in [0.29, 0.717) is 38.5 Å². The third-order valence-electron chi connectivity index (χ3n) is 0.787. The van der Waals surface area contributed by atoms with E-state index < -0.39 is 65.1 Å². The van der Waals surface area contributed by atoms with E-state index in [1.807, 2.05) is 0 Å². The molecule has 0 aliphatic rings. The maximum atomic E-state index is 9.46. The van der Waals surface area contributed by atoms with Gasteiger partial charge in [-0.3, -0.25) is 0 Å². The summed E-state index contributed by atoms with van der Waals surface area (Å²) in [6.07, 6.45) is 3.52. The molecule has 0 heterocycles. The molecule has 0 atom stereocenters. The van der Waals surface area contributed by atoms with Gasteiger partial charge < -0.3 is 0 Å². The molecule has 0 fully saturated rings. The van der Waals surface area contributed by atoms with Crippen molar-refractivity contribution in [2.75, 3.05) is 0 Å². The van der Waals surface area contributed by atoms with Crippen molar-refractivity contribution in [2.24, 2.45) is 5.92 Å². The van der Waals surface area contributed by atoms with Crippen LogP contribution in [0, 0.1) is 5.92 Å². The van der Waals surface area contributed by atoms with Gasteiger partial charge in [0.15, 0.2) is 0 Å². The molecule has 0 aromatic heterocycles. The van der Waals surface area contributed by atoms with Gasteiger partial charge in [0.25, 0.3) is 0 Å². The molecule has 0 aliphatic carbocycles. The van der Waals surface area contributed by atoms with Crippen molar-refractivity contribution in [3.05, 3.63) is 0 Å². The summed E-state index contributed by atoms with van der Waals surface area (Å²) in [6, 6.07) is 0. The van der Waals surface area contributed by atoms with Crippen LogP contribution in [0.5, 0.6) is 0 Å². The van der Waals surface area contributed by atoms with Crippen LogP contribution in [0.15, 0.2) is 0 Å². The number of rotatable bonds is 12. The van der Waals surface area contributed by atoms with E-state index in [1.54, 1.807) is 0 Å². The summed E-state index contributed by atoms with van der Waals surface area (Å²) >= 11 is -3.16. The second kappa shape index (κ2) is 38.7. The van der Waals surface area contributed by atoms with Gasteiger partial charge in [-0.05, 0) is 5.92 Å². The first-order valence-electron chi connectivity index (χ1n) is 6.38. The molecule has 15 heteroatoms. The SMILES string of the molecule is CC(C)C.O=C[NH][Sn][NH]C=O.O=C[NH][Sn][NH]C=O.O=C[NH][Sn][NH]C=O. The van der Waals surface area contributed by atoms with E-state index in [4.69, 9.17) is 0 Å². The third kappa shape index (κ3) is 83.1. The molecule has 0 saturated heterocycles. The summed E-state index contributed by atoms with van der Waals surface area (Å²) in [5, 5.41) is 0. The fourth-order valence-corrected chi connectivity index (χ4v) is 2.02. The van der Waals surface area contributed by atoms with Gasteiger partial charge in [-0.1, -0.05) is 20.8 Å². The summed E-state index contributed by atoms with van der Waals surface area (Å²) < 4.78 is 14.4. The Hall–Kier alpha value is -0.784. The predicted molar refractivity (Wildman–Crippen MR) is 93.0 cm³/mol. The van der Waals surface area contributed by atoms with Gasteiger partial charge in [-0.2, -0.15) is 0 Å². The van der Waals surface area contributed by atoms with Crippen LogP contribution in [0.2, 0.25) is 0 Å². The molecule has 0 aliphatic heterocycles. The summed E-state index contributed by atoms with van der Waals surface area (Å²) in [7, 11) is 0. The molecule has 6 N–H and O–H groups in total. The molecule has 0 saturated carbocycles. The minimum absolute atomic E-state index is 0.586. The Bertz CT molecular complexity index is 258. The molecule has 6 radical (unpaired) electrons. The predicted octanol–water partition coefficient (Wildman–Crippen LogP) is -4.30. The number of carbonyl (C=O) groups excluding carboxylic acids is 6. The molecule has 0 unspecified atom stereocenters. The topological polar surface area (TPSA) is 175 Å². The number of amides is 6. The van der Waals surface area contributed by atoms with E-state index >= 15 is 0 Å². The molecular formula is C10H22N6O6Sn3. The molecule has 0 aromatic carbocycles. The Kier molecular flexibility index (Phi) is 49.4. The summed E-state index contributed by atoms with van der Waals surface area (Å²) in [6.45, 7) is 6.50. The van der Waals surface area contributed by atoms with Crippen LogP contribution in [-0.2, 0) is 28.8 Å². The Morgan fingerprint density at radius 1 is 0.480 bits per heavy atom. The average Bonchev–Trinajstić information content (AvgIpc) is 2.57. The molecule has 0 aromatic rings. The summed E-state index contributed by atoms with van der Waals surface area (Å²) in [5.74, 6) is 0.833. The van der Waals surface area contributed by atoms with Gasteiger partial charge in [0.05, 0.1) is 0 Å². The second-order valence-electron chi connectivity index (χ2n) is 3.68. The van der Waals surface area contributed by atoms with E-state index in [0.717, 1.165) is 5.92 Å². The number of nitrogens with one attached hydrogen (secondary N) is 6. The normalized spacial score (nSPS) is 7.20. The van der Waals surface area contributed by atoms with Crippen LogP contribution in [0.1, 0.15) is 20.8 Å². The average molecular weight is 678 g/mol. The van der Waals surface area contributed by atoms with Crippen molar-refractivity contribution >= 4 is 104 Å². The monoisotopic (exact) mass is 682 g/mol. The van der Waals surface area contributed by atoms with Crippen molar-refractivity contribution in [1.29, 1.82) is 0 Å². The zero-order valence-electron chi connectivity index (χ0n) is 14.0. The van der Waals surface area contributed by atoms with E-state index in [2.05, 4.69) is 42.0 Å². The van der Waals surface area contributed by atoms with Gasteiger partial charge in [0.1, 0.15) is 0 Å².